The van der Waals surface area contributed by atoms with Gasteiger partial charge in [-0.2, -0.15) is 11.8 Å². The normalized spacial score (nSPS) is 19.7. The zero-order valence-electron chi connectivity index (χ0n) is 15.6. The summed E-state index contributed by atoms with van der Waals surface area (Å²) >= 11 is 5.25. The second kappa shape index (κ2) is 9.11. The molecule has 0 saturated heterocycles. The van der Waals surface area contributed by atoms with Crippen LogP contribution >= 0.6 is 27.7 Å². The first-order chi connectivity index (χ1) is 13.0. The third-order valence-corrected chi connectivity index (χ3v) is 6.20. The van der Waals surface area contributed by atoms with Crippen LogP contribution in [0.15, 0.2) is 51.3 Å². The molecule has 0 bridgehead atoms. The number of hydrogen-bond acceptors (Lipinski definition) is 5. The minimum atomic E-state index is -0.377. The van der Waals surface area contributed by atoms with Crippen molar-refractivity contribution in [1.82, 2.24) is 5.32 Å². The SMILES string of the molecule is CCSCCOC(=O)C1=C(C)NC2=C(C(=O)CCC2)[C@@H]1c1cccc(Br)c1. The van der Waals surface area contributed by atoms with Crippen LogP contribution in [0.3, 0.4) is 0 Å². The van der Waals surface area contributed by atoms with E-state index in [1.54, 1.807) is 11.8 Å². The van der Waals surface area contributed by atoms with E-state index in [0.717, 1.165) is 51.4 Å². The number of carbonyl (C=O) groups excluding carboxylic acids is 2. The summed E-state index contributed by atoms with van der Waals surface area (Å²) in [7, 11) is 0. The van der Waals surface area contributed by atoms with Crippen LogP contribution in [0.5, 0.6) is 0 Å². The van der Waals surface area contributed by atoms with Crippen molar-refractivity contribution in [2.45, 2.75) is 39.0 Å². The second-order valence-electron chi connectivity index (χ2n) is 6.65. The Balaban J connectivity index is 1.99. The summed E-state index contributed by atoms with van der Waals surface area (Å²) in [5, 5.41) is 3.32. The third kappa shape index (κ3) is 4.49. The van der Waals surface area contributed by atoms with Gasteiger partial charge in [-0.25, -0.2) is 4.79 Å². The van der Waals surface area contributed by atoms with E-state index in [-0.39, 0.29) is 17.7 Å². The molecule has 0 amide bonds. The monoisotopic (exact) mass is 449 g/mol. The molecule has 27 heavy (non-hydrogen) atoms. The molecule has 0 unspecified atom stereocenters. The van der Waals surface area contributed by atoms with Gasteiger partial charge in [0.05, 0.1) is 5.57 Å². The molecule has 1 atom stereocenters. The summed E-state index contributed by atoms with van der Waals surface area (Å²) in [5.41, 5.74) is 3.93. The van der Waals surface area contributed by atoms with Crippen molar-refractivity contribution in [3.05, 3.63) is 56.8 Å². The Bertz CT molecular complexity index is 815. The Hall–Kier alpha value is -1.53. The average molecular weight is 450 g/mol. The fourth-order valence-electron chi connectivity index (χ4n) is 3.69. The lowest BCUT2D eigenvalue weighted by atomic mass is 9.75. The molecule has 1 N–H and O–H groups in total. The standard InChI is InChI=1S/C21H24BrNO3S/c1-3-27-11-10-26-21(25)18-13(2)23-16-8-5-9-17(24)20(16)19(18)14-6-4-7-15(22)12-14/h4,6-7,12,19,23H,3,5,8-11H2,1-2H3/t19-/m1/s1. The zero-order chi connectivity index (χ0) is 19.4. The molecule has 144 valence electrons. The molecule has 2 aliphatic rings. The Morgan fingerprint density at radius 2 is 2.19 bits per heavy atom. The Morgan fingerprint density at radius 3 is 2.93 bits per heavy atom. The van der Waals surface area contributed by atoms with Gasteiger partial charge in [0, 0.05) is 39.5 Å². The van der Waals surface area contributed by atoms with Crippen molar-refractivity contribution >= 4 is 39.4 Å². The minimum absolute atomic E-state index is 0.119. The predicted octanol–water partition coefficient (Wildman–Crippen LogP) is 4.71. The summed E-state index contributed by atoms with van der Waals surface area (Å²) in [6.45, 7) is 4.35. The molecule has 1 heterocycles. The Labute approximate surface area is 172 Å². The maximum Gasteiger partial charge on any atom is 0.336 e. The lowest BCUT2D eigenvalue weighted by molar-refractivity contribution is -0.138. The van der Waals surface area contributed by atoms with Crippen LogP contribution in [0.1, 0.15) is 44.6 Å². The van der Waals surface area contributed by atoms with E-state index in [9.17, 15) is 9.59 Å². The smallest absolute Gasteiger partial charge is 0.336 e. The molecular formula is C21H24BrNO3S. The lowest BCUT2D eigenvalue weighted by Crippen LogP contribution is -2.34. The Morgan fingerprint density at radius 1 is 1.37 bits per heavy atom. The van der Waals surface area contributed by atoms with Gasteiger partial charge in [-0.15, -0.1) is 0 Å². The number of esters is 1. The molecule has 6 heteroatoms. The number of ether oxygens (including phenoxy) is 1. The largest absolute Gasteiger partial charge is 0.461 e. The molecule has 3 rings (SSSR count). The van der Waals surface area contributed by atoms with Crippen LogP contribution in [0.25, 0.3) is 0 Å². The van der Waals surface area contributed by atoms with Crippen molar-refractivity contribution in [3.8, 4) is 0 Å². The van der Waals surface area contributed by atoms with E-state index in [4.69, 9.17) is 4.74 Å². The molecule has 0 fully saturated rings. The summed E-state index contributed by atoms with van der Waals surface area (Å²) in [6.07, 6.45) is 2.20. The summed E-state index contributed by atoms with van der Waals surface area (Å²) in [6, 6.07) is 7.83. The summed E-state index contributed by atoms with van der Waals surface area (Å²) < 4.78 is 6.47. The highest BCUT2D eigenvalue weighted by Crippen LogP contribution is 2.42. The molecule has 0 spiro atoms. The third-order valence-electron chi connectivity index (χ3n) is 4.84. The predicted molar refractivity (Wildman–Crippen MR) is 113 cm³/mol. The molecule has 0 radical (unpaired) electrons. The van der Waals surface area contributed by atoms with Crippen molar-refractivity contribution in [2.24, 2.45) is 0 Å². The van der Waals surface area contributed by atoms with E-state index < -0.39 is 0 Å². The van der Waals surface area contributed by atoms with E-state index in [2.05, 4.69) is 28.2 Å². The van der Waals surface area contributed by atoms with Crippen molar-refractivity contribution in [2.75, 3.05) is 18.1 Å². The molecular weight excluding hydrogens is 426 g/mol. The number of Topliss-reactive ketones (excluding diaryl/α,β-unsaturated/α-hetero) is 1. The maximum absolute atomic E-state index is 12.9. The van der Waals surface area contributed by atoms with E-state index >= 15 is 0 Å². The molecule has 0 aromatic heterocycles. The number of rotatable bonds is 6. The fraction of sp³-hybridized carbons (Fsp3) is 0.429. The average Bonchev–Trinajstić information content (AvgIpc) is 2.64. The first kappa shape index (κ1) is 20.2. The number of benzene rings is 1. The van der Waals surface area contributed by atoms with E-state index in [1.807, 2.05) is 31.2 Å². The quantitative estimate of drug-likeness (QED) is 0.503. The molecule has 0 saturated carbocycles. The number of ketones is 1. The van der Waals surface area contributed by atoms with Gasteiger partial charge in [-0.1, -0.05) is 35.0 Å². The molecule has 1 aromatic rings. The molecule has 4 nitrogen and oxygen atoms in total. The van der Waals surface area contributed by atoms with Crippen LogP contribution in [0.4, 0.5) is 0 Å². The highest BCUT2D eigenvalue weighted by atomic mass is 79.9. The first-order valence-electron chi connectivity index (χ1n) is 9.27. The Kier molecular flexibility index (Phi) is 6.82. The summed E-state index contributed by atoms with van der Waals surface area (Å²) in [4.78, 5) is 25.7. The lowest BCUT2D eigenvalue weighted by Gasteiger charge is -2.34. The summed E-state index contributed by atoms with van der Waals surface area (Å²) in [5.74, 6) is 1.17. The van der Waals surface area contributed by atoms with Gasteiger partial charge in [0.15, 0.2) is 5.78 Å². The fourth-order valence-corrected chi connectivity index (χ4v) is 4.60. The molecule has 1 aromatic carbocycles. The highest BCUT2D eigenvalue weighted by molar-refractivity contribution is 9.10. The van der Waals surface area contributed by atoms with Crippen molar-refractivity contribution in [1.29, 1.82) is 0 Å². The highest BCUT2D eigenvalue weighted by Gasteiger charge is 2.39. The van der Waals surface area contributed by atoms with Crippen LogP contribution in [-0.2, 0) is 14.3 Å². The molecule has 1 aliphatic heterocycles. The van der Waals surface area contributed by atoms with Gasteiger partial charge < -0.3 is 10.1 Å². The van der Waals surface area contributed by atoms with Crippen molar-refractivity contribution in [3.63, 3.8) is 0 Å². The van der Waals surface area contributed by atoms with Crippen LogP contribution < -0.4 is 5.32 Å². The van der Waals surface area contributed by atoms with Crippen LogP contribution in [0.2, 0.25) is 0 Å². The number of hydrogen-bond donors (Lipinski definition) is 1. The van der Waals surface area contributed by atoms with Gasteiger partial charge in [0.2, 0.25) is 0 Å². The second-order valence-corrected chi connectivity index (χ2v) is 8.96. The number of thioether (sulfide) groups is 1. The number of nitrogens with one attached hydrogen (secondary N) is 1. The van der Waals surface area contributed by atoms with Crippen LogP contribution in [0, 0.1) is 0 Å². The first-order valence-corrected chi connectivity index (χ1v) is 11.2. The van der Waals surface area contributed by atoms with Gasteiger partial charge in [-0.05, 0) is 43.2 Å². The topological polar surface area (TPSA) is 55.4 Å². The van der Waals surface area contributed by atoms with Gasteiger partial charge >= 0.3 is 5.97 Å². The number of halogens is 1. The maximum atomic E-state index is 12.9. The zero-order valence-corrected chi connectivity index (χ0v) is 18.0. The van der Waals surface area contributed by atoms with Crippen molar-refractivity contribution < 1.29 is 14.3 Å². The number of dihydropyridines is 1. The molecule has 1 aliphatic carbocycles. The van der Waals surface area contributed by atoms with E-state index in [1.165, 1.54) is 0 Å². The van der Waals surface area contributed by atoms with Gasteiger partial charge in [0.1, 0.15) is 6.61 Å². The van der Waals surface area contributed by atoms with Gasteiger partial charge in [0.25, 0.3) is 0 Å². The van der Waals surface area contributed by atoms with E-state index in [0.29, 0.717) is 18.6 Å². The van der Waals surface area contributed by atoms with Gasteiger partial charge in [-0.3, -0.25) is 4.79 Å². The minimum Gasteiger partial charge on any atom is -0.461 e. The number of carbonyl (C=O) groups is 2. The number of allylic oxidation sites excluding steroid dienone is 3. The van der Waals surface area contributed by atoms with Crippen LogP contribution in [-0.4, -0.2) is 29.9 Å².